The average molecular weight is 252 g/mol. The highest BCUT2D eigenvalue weighted by atomic mass is 16.6. The Labute approximate surface area is 105 Å². The van der Waals surface area contributed by atoms with Gasteiger partial charge in [-0.2, -0.15) is 0 Å². The van der Waals surface area contributed by atoms with E-state index in [1.807, 2.05) is 0 Å². The van der Waals surface area contributed by atoms with E-state index in [0.29, 0.717) is 5.75 Å². The van der Waals surface area contributed by atoms with Crippen LogP contribution in [0.1, 0.15) is 31.1 Å². The first-order valence-electron chi connectivity index (χ1n) is 5.46. The number of ether oxygens (including phenoxy) is 2. The van der Waals surface area contributed by atoms with Gasteiger partial charge in [0.1, 0.15) is 11.4 Å². The molecule has 0 amide bonds. The third kappa shape index (κ3) is 4.86. The fourth-order valence-corrected chi connectivity index (χ4v) is 1.23. The number of carbonyl (C=O) groups is 2. The van der Waals surface area contributed by atoms with Gasteiger partial charge in [-0.05, 0) is 39.0 Å². The Balaban J connectivity index is 2.56. The number of rotatable bonds is 4. The van der Waals surface area contributed by atoms with Crippen molar-refractivity contribution in [1.82, 2.24) is 0 Å². The van der Waals surface area contributed by atoms with Crippen molar-refractivity contribution in [3.05, 3.63) is 29.8 Å². The standard InChI is InChI=1S/C13H16O5/c1-13(2,3)18-11(14)8-17-10-6-4-5-9(7-10)12(15)16/h4-7H,8H2,1-3H3,(H,15,16). The van der Waals surface area contributed by atoms with Gasteiger partial charge in [0, 0.05) is 0 Å². The summed E-state index contributed by atoms with van der Waals surface area (Å²) < 4.78 is 10.2. The fraction of sp³-hybridized carbons (Fsp3) is 0.385. The smallest absolute Gasteiger partial charge is 0.344 e. The molecule has 98 valence electrons. The summed E-state index contributed by atoms with van der Waals surface area (Å²) >= 11 is 0. The lowest BCUT2D eigenvalue weighted by Crippen LogP contribution is -2.27. The third-order valence-corrected chi connectivity index (χ3v) is 1.86. The second-order valence-corrected chi connectivity index (χ2v) is 4.71. The minimum Gasteiger partial charge on any atom is -0.482 e. The summed E-state index contributed by atoms with van der Waals surface area (Å²) in [5, 5.41) is 8.79. The van der Waals surface area contributed by atoms with E-state index < -0.39 is 17.5 Å². The van der Waals surface area contributed by atoms with Crippen molar-refractivity contribution < 1.29 is 24.2 Å². The van der Waals surface area contributed by atoms with E-state index in [4.69, 9.17) is 14.6 Å². The molecule has 0 aliphatic heterocycles. The summed E-state index contributed by atoms with van der Waals surface area (Å²) in [6.45, 7) is 5.03. The molecule has 0 heterocycles. The zero-order valence-corrected chi connectivity index (χ0v) is 10.6. The zero-order valence-electron chi connectivity index (χ0n) is 10.6. The number of hydrogen-bond donors (Lipinski definition) is 1. The maximum atomic E-state index is 11.4. The SMILES string of the molecule is CC(C)(C)OC(=O)COc1cccc(C(=O)O)c1. The Morgan fingerprint density at radius 1 is 1.28 bits per heavy atom. The average Bonchev–Trinajstić information content (AvgIpc) is 2.24. The van der Waals surface area contributed by atoms with Gasteiger partial charge >= 0.3 is 11.9 Å². The summed E-state index contributed by atoms with van der Waals surface area (Å²) in [6, 6.07) is 5.93. The molecule has 0 fully saturated rings. The molecule has 0 bridgehead atoms. The Kier molecular flexibility index (Phi) is 4.31. The van der Waals surface area contributed by atoms with Crippen LogP contribution in [0.5, 0.6) is 5.75 Å². The summed E-state index contributed by atoms with van der Waals surface area (Å²) in [6.07, 6.45) is 0. The number of carbonyl (C=O) groups excluding carboxylic acids is 1. The number of hydrogen-bond acceptors (Lipinski definition) is 4. The Bertz CT molecular complexity index is 445. The van der Waals surface area contributed by atoms with Crippen LogP contribution in [0.25, 0.3) is 0 Å². The van der Waals surface area contributed by atoms with Crippen molar-refractivity contribution >= 4 is 11.9 Å². The van der Waals surface area contributed by atoms with Gasteiger partial charge in [-0.3, -0.25) is 0 Å². The van der Waals surface area contributed by atoms with Crippen LogP contribution in [0, 0.1) is 0 Å². The van der Waals surface area contributed by atoms with Gasteiger partial charge < -0.3 is 14.6 Å². The zero-order chi connectivity index (χ0) is 13.8. The monoisotopic (exact) mass is 252 g/mol. The highest BCUT2D eigenvalue weighted by molar-refractivity contribution is 5.88. The molecular weight excluding hydrogens is 236 g/mol. The molecule has 0 atom stereocenters. The van der Waals surface area contributed by atoms with Crippen molar-refractivity contribution in [1.29, 1.82) is 0 Å². The molecule has 5 nitrogen and oxygen atoms in total. The molecule has 1 aromatic carbocycles. The maximum Gasteiger partial charge on any atom is 0.344 e. The van der Waals surface area contributed by atoms with Gasteiger partial charge in [0.25, 0.3) is 0 Å². The third-order valence-electron chi connectivity index (χ3n) is 1.86. The van der Waals surface area contributed by atoms with Gasteiger partial charge in [-0.25, -0.2) is 9.59 Å². The predicted molar refractivity (Wildman–Crippen MR) is 64.7 cm³/mol. The molecule has 0 radical (unpaired) electrons. The summed E-state index contributed by atoms with van der Waals surface area (Å²) in [4.78, 5) is 22.1. The summed E-state index contributed by atoms with van der Waals surface area (Å²) in [5.41, 5.74) is -0.458. The summed E-state index contributed by atoms with van der Waals surface area (Å²) in [7, 11) is 0. The van der Waals surface area contributed by atoms with E-state index in [0.717, 1.165) is 0 Å². The van der Waals surface area contributed by atoms with E-state index in [1.165, 1.54) is 12.1 Å². The van der Waals surface area contributed by atoms with Gasteiger partial charge in [0.15, 0.2) is 6.61 Å². The minimum atomic E-state index is -1.04. The first kappa shape index (κ1) is 14.0. The van der Waals surface area contributed by atoms with Crippen LogP contribution >= 0.6 is 0 Å². The Morgan fingerprint density at radius 3 is 2.50 bits per heavy atom. The number of esters is 1. The normalized spacial score (nSPS) is 10.8. The van der Waals surface area contributed by atoms with Crippen molar-refractivity contribution in [3.63, 3.8) is 0 Å². The van der Waals surface area contributed by atoms with E-state index in [1.54, 1.807) is 32.9 Å². The summed E-state index contributed by atoms with van der Waals surface area (Å²) in [5.74, 6) is -1.22. The number of benzene rings is 1. The molecule has 0 saturated carbocycles. The fourth-order valence-electron chi connectivity index (χ4n) is 1.23. The van der Waals surface area contributed by atoms with Crippen LogP contribution in [0.3, 0.4) is 0 Å². The second-order valence-electron chi connectivity index (χ2n) is 4.71. The van der Waals surface area contributed by atoms with E-state index in [-0.39, 0.29) is 12.2 Å². The highest BCUT2D eigenvalue weighted by Crippen LogP contribution is 2.14. The molecule has 0 saturated heterocycles. The molecule has 0 spiro atoms. The van der Waals surface area contributed by atoms with Crippen LogP contribution in [-0.4, -0.2) is 29.3 Å². The molecule has 1 aromatic rings. The molecule has 0 unspecified atom stereocenters. The van der Waals surface area contributed by atoms with E-state index in [9.17, 15) is 9.59 Å². The van der Waals surface area contributed by atoms with Crippen molar-refractivity contribution in [3.8, 4) is 5.75 Å². The van der Waals surface area contributed by atoms with Gasteiger partial charge in [-0.15, -0.1) is 0 Å². The molecule has 1 rings (SSSR count). The topological polar surface area (TPSA) is 72.8 Å². The van der Waals surface area contributed by atoms with Gasteiger partial charge in [0.05, 0.1) is 5.56 Å². The molecule has 0 aromatic heterocycles. The molecule has 0 aliphatic rings. The molecular formula is C13H16O5. The molecule has 18 heavy (non-hydrogen) atoms. The predicted octanol–water partition coefficient (Wildman–Crippen LogP) is 2.11. The number of aromatic carboxylic acids is 1. The molecule has 0 aliphatic carbocycles. The highest BCUT2D eigenvalue weighted by Gasteiger charge is 2.16. The molecule has 1 N–H and O–H groups in total. The first-order chi connectivity index (χ1) is 8.28. The Hall–Kier alpha value is -2.04. The van der Waals surface area contributed by atoms with Crippen molar-refractivity contribution in [2.75, 3.05) is 6.61 Å². The van der Waals surface area contributed by atoms with Crippen LogP contribution in [0.4, 0.5) is 0 Å². The largest absolute Gasteiger partial charge is 0.482 e. The minimum absolute atomic E-state index is 0.108. The maximum absolute atomic E-state index is 11.4. The van der Waals surface area contributed by atoms with Crippen molar-refractivity contribution in [2.24, 2.45) is 0 Å². The van der Waals surface area contributed by atoms with E-state index >= 15 is 0 Å². The van der Waals surface area contributed by atoms with Crippen LogP contribution in [0.2, 0.25) is 0 Å². The van der Waals surface area contributed by atoms with Crippen LogP contribution < -0.4 is 4.74 Å². The lowest BCUT2D eigenvalue weighted by Gasteiger charge is -2.19. The lowest BCUT2D eigenvalue weighted by atomic mass is 10.2. The number of carboxylic acids is 1. The lowest BCUT2D eigenvalue weighted by molar-refractivity contribution is -0.157. The van der Waals surface area contributed by atoms with E-state index in [2.05, 4.69) is 0 Å². The quantitative estimate of drug-likeness (QED) is 0.831. The Morgan fingerprint density at radius 2 is 1.94 bits per heavy atom. The number of carboxylic acid groups (broad SMARTS) is 1. The van der Waals surface area contributed by atoms with Gasteiger partial charge in [0.2, 0.25) is 0 Å². The van der Waals surface area contributed by atoms with Crippen LogP contribution in [-0.2, 0) is 9.53 Å². The van der Waals surface area contributed by atoms with Crippen molar-refractivity contribution in [2.45, 2.75) is 26.4 Å². The van der Waals surface area contributed by atoms with Gasteiger partial charge in [-0.1, -0.05) is 6.07 Å². The second kappa shape index (κ2) is 5.53. The molecule has 5 heteroatoms. The van der Waals surface area contributed by atoms with Crippen LogP contribution in [0.15, 0.2) is 24.3 Å². The first-order valence-corrected chi connectivity index (χ1v) is 5.46.